The van der Waals surface area contributed by atoms with E-state index in [1.54, 1.807) is 24.3 Å². The van der Waals surface area contributed by atoms with Gasteiger partial charge < -0.3 is 19.5 Å². The summed E-state index contributed by atoms with van der Waals surface area (Å²) < 4.78 is 28.1. The molecular formula is C18H18FNO5. The normalized spacial score (nSPS) is 10.0. The average molecular weight is 347 g/mol. The van der Waals surface area contributed by atoms with Crippen LogP contribution in [0.4, 0.5) is 10.1 Å². The van der Waals surface area contributed by atoms with Crippen molar-refractivity contribution in [2.75, 3.05) is 25.1 Å². The van der Waals surface area contributed by atoms with Gasteiger partial charge in [0, 0.05) is 11.8 Å². The molecule has 0 atom stereocenters. The van der Waals surface area contributed by atoms with E-state index in [9.17, 15) is 14.0 Å². The molecule has 0 fully saturated rings. The molecule has 0 saturated carbocycles. The maximum atomic E-state index is 13.0. The van der Waals surface area contributed by atoms with E-state index in [-0.39, 0.29) is 5.75 Å². The maximum absolute atomic E-state index is 13.0. The lowest BCUT2D eigenvalue weighted by molar-refractivity contribution is -0.149. The average Bonchev–Trinajstić information content (AvgIpc) is 2.60. The van der Waals surface area contributed by atoms with Crippen LogP contribution >= 0.6 is 0 Å². The summed E-state index contributed by atoms with van der Waals surface area (Å²) in [7, 11) is 0. The van der Waals surface area contributed by atoms with Gasteiger partial charge in [0.2, 0.25) is 0 Å². The number of carbonyl (C=O) groups excluding carboxylic acids is 2. The minimum Gasteiger partial charge on any atom is -0.494 e. The largest absolute Gasteiger partial charge is 0.494 e. The van der Waals surface area contributed by atoms with Gasteiger partial charge in [-0.3, -0.25) is 4.79 Å². The Morgan fingerprint density at radius 1 is 1.00 bits per heavy atom. The van der Waals surface area contributed by atoms with Crippen molar-refractivity contribution in [1.82, 2.24) is 0 Å². The standard InChI is InChI=1S/C18H18FNO5/c1-2-23-15-8-6-14(7-9-15)20-17(21)11-25-18(22)12-24-16-5-3-4-13(19)10-16/h3-10H,2,11-12H2,1H3,(H,20,21). The van der Waals surface area contributed by atoms with E-state index >= 15 is 0 Å². The van der Waals surface area contributed by atoms with Crippen molar-refractivity contribution in [3.63, 3.8) is 0 Å². The number of anilines is 1. The fourth-order valence-corrected chi connectivity index (χ4v) is 1.88. The number of ether oxygens (including phenoxy) is 3. The van der Waals surface area contributed by atoms with Crippen molar-refractivity contribution in [3.05, 3.63) is 54.3 Å². The van der Waals surface area contributed by atoms with Crippen LogP contribution in [0.2, 0.25) is 0 Å². The summed E-state index contributed by atoms with van der Waals surface area (Å²) >= 11 is 0. The van der Waals surface area contributed by atoms with Crippen molar-refractivity contribution in [3.8, 4) is 11.5 Å². The maximum Gasteiger partial charge on any atom is 0.344 e. The van der Waals surface area contributed by atoms with Gasteiger partial charge >= 0.3 is 5.97 Å². The fourth-order valence-electron chi connectivity index (χ4n) is 1.88. The van der Waals surface area contributed by atoms with E-state index in [1.807, 2.05) is 6.92 Å². The van der Waals surface area contributed by atoms with Crippen LogP contribution in [-0.4, -0.2) is 31.7 Å². The molecule has 2 aromatic rings. The highest BCUT2D eigenvalue weighted by Gasteiger charge is 2.09. The van der Waals surface area contributed by atoms with E-state index in [4.69, 9.17) is 14.2 Å². The van der Waals surface area contributed by atoms with Crippen LogP contribution in [-0.2, 0) is 14.3 Å². The number of esters is 1. The summed E-state index contributed by atoms with van der Waals surface area (Å²) in [5.74, 6) is -0.785. The van der Waals surface area contributed by atoms with Crippen LogP contribution in [0, 0.1) is 5.82 Å². The lowest BCUT2D eigenvalue weighted by Crippen LogP contribution is -2.23. The molecule has 25 heavy (non-hydrogen) atoms. The van der Waals surface area contributed by atoms with Crippen molar-refractivity contribution in [2.24, 2.45) is 0 Å². The second-order valence-corrected chi connectivity index (χ2v) is 4.91. The Hall–Kier alpha value is -3.09. The predicted octanol–water partition coefficient (Wildman–Crippen LogP) is 2.79. The Labute approximate surface area is 144 Å². The van der Waals surface area contributed by atoms with E-state index in [0.29, 0.717) is 18.0 Å². The molecule has 7 heteroatoms. The molecule has 0 aliphatic rings. The van der Waals surface area contributed by atoms with Gasteiger partial charge in [-0.25, -0.2) is 9.18 Å². The topological polar surface area (TPSA) is 73.9 Å². The fraction of sp³-hybridized carbons (Fsp3) is 0.222. The molecule has 0 aliphatic heterocycles. The number of halogens is 1. The van der Waals surface area contributed by atoms with E-state index in [0.717, 1.165) is 6.07 Å². The number of rotatable bonds is 8. The van der Waals surface area contributed by atoms with Gasteiger partial charge in [0.25, 0.3) is 5.91 Å². The molecule has 1 amide bonds. The van der Waals surface area contributed by atoms with Crippen LogP contribution in [0.15, 0.2) is 48.5 Å². The van der Waals surface area contributed by atoms with Gasteiger partial charge in [0.1, 0.15) is 17.3 Å². The van der Waals surface area contributed by atoms with E-state index in [2.05, 4.69) is 5.32 Å². The minimum absolute atomic E-state index is 0.204. The van der Waals surface area contributed by atoms with Crippen LogP contribution in [0.25, 0.3) is 0 Å². The molecule has 0 unspecified atom stereocenters. The highest BCUT2D eigenvalue weighted by atomic mass is 19.1. The van der Waals surface area contributed by atoms with Gasteiger partial charge in [0.05, 0.1) is 6.61 Å². The Morgan fingerprint density at radius 3 is 2.44 bits per heavy atom. The lowest BCUT2D eigenvalue weighted by atomic mass is 10.3. The van der Waals surface area contributed by atoms with Crippen LogP contribution in [0.3, 0.4) is 0 Å². The number of carbonyl (C=O) groups is 2. The van der Waals surface area contributed by atoms with Crippen molar-refractivity contribution in [1.29, 1.82) is 0 Å². The molecule has 0 radical (unpaired) electrons. The number of hydrogen-bond acceptors (Lipinski definition) is 5. The third-order valence-corrected chi connectivity index (χ3v) is 2.97. The second kappa shape index (κ2) is 9.27. The molecule has 1 N–H and O–H groups in total. The molecule has 0 saturated heterocycles. The van der Waals surface area contributed by atoms with Crippen LogP contribution in [0.1, 0.15) is 6.92 Å². The summed E-state index contributed by atoms with van der Waals surface area (Å²) in [4.78, 5) is 23.3. The number of hydrogen-bond donors (Lipinski definition) is 1. The zero-order valence-corrected chi connectivity index (χ0v) is 13.7. The molecular weight excluding hydrogens is 329 g/mol. The summed E-state index contributed by atoms with van der Waals surface area (Å²) in [6.45, 7) is 1.57. The molecule has 0 heterocycles. The van der Waals surface area contributed by atoms with Gasteiger partial charge in [0.15, 0.2) is 13.2 Å². The lowest BCUT2D eigenvalue weighted by Gasteiger charge is -2.08. The smallest absolute Gasteiger partial charge is 0.344 e. The van der Waals surface area contributed by atoms with E-state index < -0.39 is 30.9 Å². The monoisotopic (exact) mass is 347 g/mol. The summed E-state index contributed by atoms with van der Waals surface area (Å²) in [6, 6.07) is 12.2. The molecule has 2 aromatic carbocycles. The predicted molar refractivity (Wildman–Crippen MR) is 89.1 cm³/mol. The van der Waals surface area contributed by atoms with Gasteiger partial charge in [-0.15, -0.1) is 0 Å². The number of amides is 1. The van der Waals surface area contributed by atoms with Crippen LogP contribution < -0.4 is 14.8 Å². The molecule has 6 nitrogen and oxygen atoms in total. The second-order valence-electron chi connectivity index (χ2n) is 4.91. The Balaban J connectivity index is 1.71. The van der Waals surface area contributed by atoms with Gasteiger partial charge in [-0.05, 0) is 43.3 Å². The molecule has 0 bridgehead atoms. The first kappa shape index (κ1) is 18.3. The number of benzene rings is 2. The first-order valence-corrected chi connectivity index (χ1v) is 7.63. The summed E-state index contributed by atoms with van der Waals surface area (Å²) in [6.07, 6.45) is 0. The van der Waals surface area contributed by atoms with Gasteiger partial charge in [-0.2, -0.15) is 0 Å². The highest BCUT2D eigenvalue weighted by molar-refractivity contribution is 5.92. The summed E-state index contributed by atoms with van der Waals surface area (Å²) in [5.41, 5.74) is 0.556. The van der Waals surface area contributed by atoms with Crippen LogP contribution in [0.5, 0.6) is 11.5 Å². The quantitative estimate of drug-likeness (QED) is 0.743. The SMILES string of the molecule is CCOc1ccc(NC(=O)COC(=O)COc2cccc(F)c2)cc1. The van der Waals surface area contributed by atoms with E-state index in [1.165, 1.54) is 18.2 Å². The zero-order chi connectivity index (χ0) is 18.1. The van der Waals surface area contributed by atoms with Crippen molar-refractivity contribution in [2.45, 2.75) is 6.92 Å². The minimum atomic E-state index is -0.730. The molecule has 0 spiro atoms. The zero-order valence-electron chi connectivity index (χ0n) is 13.7. The Morgan fingerprint density at radius 2 is 1.76 bits per heavy atom. The molecule has 132 valence electrons. The summed E-state index contributed by atoms with van der Waals surface area (Å²) in [5, 5.41) is 2.59. The van der Waals surface area contributed by atoms with Gasteiger partial charge in [-0.1, -0.05) is 6.07 Å². The third-order valence-electron chi connectivity index (χ3n) is 2.97. The highest BCUT2D eigenvalue weighted by Crippen LogP contribution is 2.15. The molecule has 0 aliphatic carbocycles. The first-order chi connectivity index (χ1) is 12.1. The third kappa shape index (κ3) is 6.50. The Kier molecular flexibility index (Phi) is 6.76. The Bertz CT molecular complexity index is 718. The molecule has 0 aromatic heterocycles. The van der Waals surface area contributed by atoms with Crippen molar-refractivity contribution >= 4 is 17.6 Å². The number of nitrogens with one attached hydrogen (secondary N) is 1. The first-order valence-electron chi connectivity index (χ1n) is 7.63. The molecule has 2 rings (SSSR count). The van der Waals surface area contributed by atoms with Crippen molar-refractivity contribution < 1.29 is 28.2 Å².